The molecular formula is C23H14Cl3N3O4. The highest BCUT2D eigenvalue weighted by Crippen LogP contribution is 2.28. The molecule has 0 aliphatic rings. The number of nitrogens with zero attached hydrogens (tertiary/aromatic N) is 2. The SMILES string of the molecule is N#C/C(=C\c1cc(Cl)ccc1OCc1ccc(Cl)c(Cl)c1)C(=O)Nc1cccc([N+](=O)[O-])c1. The Labute approximate surface area is 203 Å². The molecule has 166 valence electrons. The van der Waals surface area contributed by atoms with E-state index >= 15 is 0 Å². The Morgan fingerprint density at radius 1 is 1.09 bits per heavy atom. The summed E-state index contributed by atoms with van der Waals surface area (Å²) in [5, 5.41) is 24.1. The van der Waals surface area contributed by atoms with Crippen LogP contribution in [-0.2, 0) is 11.4 Å². The zero-order valence-electron chi connectivity index (χ0n) is 16.7. The Balaban J connectivity index is 1.83. The van der Waals surface area contributed by atoms with E-state index in [4.69, 9.17) is 39.5 Å². The molecule has 3 aromatic rings. The summed E-state index contributed by atoms with van der Waals surface area (Å²) in [6, 6.07) is 17.1. The fraction of sp³-hybridized carbons (Fsp3) is 0.0435. The van der Waals surface area contributed by atoms with Crippen LogP contribution in [0.4, 0.5) is 11.4 Å². The number of nitro benzene ring substituents is 1. The van der Waals surface area contributed by atoms with Gasteiger partial charge >= 0.3 is 0 Å². The van der Waals surface area contributed by atoms with E-state index in [-0.39, 0.29) is 23.6 Å². The van der Waals surface area contributed by atoms with Crippen molar-refractivity contribution in [3.63, 3.8) is 0 Å². The largest absolute Gasteiger partial charge is 0.488 e. The summed E-state index contributed by atoms with van der Waals surface area (Å²) >= 11 is 18.1. The number of amides is 1. The predicted molar refractivity (Wildman–Crippen MR) is 128 cm³/mol. The number of carbonyl (C=O) groups excluding carboxylic acids is 1. The molecule has 0 aromatic heterocycles. The standard InChI is InChI=1S/C23H14Cl3N3O4/c24-17-5-7-22(33-13-14-4-6-20(25)21(26)8-14)15(10-17)9-16(12-27)23(30)28-18-2-1-3-19(11-18)29(31)32/h1-11H,13H2,(H,28,30)/b16-9+. The fourth-order valence-electron chi connectivity index (χ4n) is 2.75. The normalized spacial score (nSPS) is 10.9. The molecule has 3 aromatic carbocycles. The van der Waals surface area contributed by atoms with Gasteiger partial charge in [0.05, 0.1) is 15.0 Å². The smallest absolute Gasteiger partial charge is 0.271 e. The molecule has 0 unspecified atom stereocenters. The van der Waals surface area contributed by atoms with Gasteiger partial charge in [0.2, 0.25) is 0 Å². The first-order valence-corrected chi connectivity index (χ1v) is 10.4. The minimum Gasteiger partial charge on any atom is -0.488 e. The van der Waals surface area contributed by atoms with E-state index in [0.717, 1.165) is 5.56 Å². The van der Waals surface area contributed by atoms with Crippen LogP contribution in [0.5, 0.6) is 5.75 Å². The van der Waals surface area contributed by atoms with Gasteiger partial charge in [-0.05, 0) is 48.0 Å². The maximum absolute atomic E-state index is 12.6. The molecule has 0 aliphatic carbocycles. The highest BCUT2D eigenvalue weighted by atomic mass is 35.5. The van der Waals surface area contributed by atoms with Gasteiger partial charge in [-0.2, -0.15) is 5.26 Å². The number of hydrogen-bond acceptors (Lipinski definition) is 5. The average molecular weight is 503 g/mol. The lowest BCUT2D eigenvalue weighted by molar-refractivity contribution is -0.384. The lowest BCUT2D eigenvalue weighted by Crippen LogP contribution is -2.13. The van der Waals surface area contributed by atoms with Gasteiger partial charge in [0.15, 0.2) is 0 Å². The van der Waals surface area contributed by atoms with E-state index in [0.29, 0.717) is 26.4 Å². The third-order valence-corrected chi connectivity index (χ3v) is 5.30. The second-order valence-electron chi connectivity index (χ2n) is 6.65. The van der Waals surface area contributed by atoms with Crippen LogP contribution in [0, 0.1) is 21.4 Å². The van der Waals surface area contributed by atoms with E-state index in [9.17, 15) is 20.2 Å². The number of rotatable bonds is 7. The fourth-order valence-corrected chi connectivity index (χ4v) is 3.26. The Hall–Kier alpha value is -3.57. The molecule has 0 atom stereocenters. The van der Waals surface area contributed by atoms with Gasteiger partial charge in [0.25, 0.3) is 11.6 Å². The van der Waals surface area contributed by atoms with Crippen molar-refractivity contribution in [1.82, 2.24) is 0 Å². The number of non-ortho nitro benzene ring substituents is 1. The van der Waals surface area contributed by atoms with Gasteiger partial charge in [0.1, 0.15) is 24.0 Å². The molecule has 0 aliphatic heterocycles. The number of ether oxygens (including phenoxy) is 1. The second-order valence-corrected chi connectivity index (χ2v) is 7.90. The van der Waals surface area contributed by atoms with Crippen molar-refractivity contribution in [2.24, 2.45) is 0 Å². The zero-order chi connectivity index (χ0) is 24.0. The van der Waals surface area contributed by atoms with Crippen LogP contribution >= 0.6 is 34.8 Å². The molecule has 0 saturated heterocycles. The van der Waals surface area contributed by atoms with Crippen molar-refractivity contribution in [3.8, 4) is 11.8 Å². The summed E-state index contributed by atoms with van der Waals surface area (Å²) in [5.41, 5.74) is 0.898. The summed E-state index contributed by atoms with van der Waals surface area (Å²) in [5.74, 6) is -0.366. The molecule has 0 fully saturated rings. The minimum atomic E-state index is -0.742. The Morgan fingerprint density at radius 2 is 1.88 bits per heavy atom. The summed E-state index contributed by atoms with van der Waals surface area (Å²) in [6.07, 6.45) is 1.32. The van der Waals surface area contributed by atoms with Gasteiger partial charge in [0, 0.05) is 28.4 Å². The third kappa shape index (κ3) is 6.46. The van der Waals surface area contributed by atoms with E-state index in [1.54, 1.807) is 36.4 Å². The molecule has 1 amide bonds. The van der Waals surface area contributed by atoms with Gasteiger partial charge < -0.3 is 10.1 Å². The monoisotopic (exact) mass is 501 g/mol. The molecule has 0 radical (unpaired) electrons. The summed E-state index contributed by atoms with van der Waals surface area (Å²) in [4.78, 5) is 22.9. The number of halogens is 3. The third-order valence-electron chi connectivity index (χ3n) is 4.33. The van der Waals surface area contributed by atoms with Crippen molar-refractivity contribution in [2.75, 3.05) is 5.32 Å². The van der Waals surface area contributed by atoms with Gasteiger partial charge in [-0.3, -0.25) is 14.9 Å². The molecule has 0 heterocycles. The Kier molecular flexibility index (Phi) is 7.91. The molecule has 3 rings (SSSR count). The first-order chi connectivity index (χ1) is 15.8. The molecule has 0 spiro atoms. The highest BCUT2D eigenvalue weighted by Gasteiger charge is 2.14. The topological polar surface area (TPSA) is 105 Å². The van der Waals surface area contributed by atoms with Gasteiger partial charge in [-0.15, -0.1) is 0 Å². The molecule has 0 bridgehead atoms. The first kappa shape index (κ1) is 24.1. The van der Waals surface area contributed by atoms with Gasteiger partial charge in [-0.1, -0.05) is 46.9 Å². The highest BCUT2D eigenvalue weighted by molar-refractivity contribution is 6.42. The van der Waals surface area contributed by atoms with Crippen LogP contribution in [0.3, 0.4) is 0 Å². The van der Waals surface area contributed by atoms with E-state index < -0.39 is 10.8 Å². The number of carbonyl (C=O) groups is 1. The van der Waals surface area contributed by atoms with E-state index in [2.05, 4.69) is 5.32 Å². The lowest BCUT2D eigenvalue weighted by Gasteiger charge is -2.11. The first-order valence-electron chi connectivity index (χ1n) is 9.30. The molecule has 0 saturated carbocycles. The summed E-state index contributed by atoms with van der Waals surface area (Å²) in [7, 11) is 0. The van der Waals surface area contributed by atoms with Crippen molar-refractivity contribution in [3.05, 3.63) is 103 Å². The Morgan fingerprint density at radius 3 is 2.58 bits per heavy atom. The number of nitriles is 1. The van der Waals surface area contributed by atoms with Crippen molar-refractivity contribution >= 4 is 58.2 Å². The molecular weight excluding hydrogens is 489 g/mol. The molecule has 10 heteroatoms. The van der Waals surface area contributed by atoms with Crippen LogP contribution in [0.1, 0.15) is 11.1 Å². The van der Waals surface area contributed by atoms with E-state index in [1.165, 1.54) is 30.3 Å². The molecule has 1 N–H and O–H groups in total. The van der Waals surface area contributed by atoms with Crippen LogP contribution in [0.2, 0.25) is 15.1 Å². The maximum atomic E-state index is 12.6. The van der Waals surface area contributed by atoms with Crippen molar-refractivity contribution in [1.29, 1.82) is 5.26 Å². The van der Waals surface area contributed by atoms with E-state index in [1.807, 2.05) is 6.07 Å². The van der Waals surface area contributed by atoms with Crippen LogP contribution in [-0.4, -0.2) is 10.8 Å². The zero-order valence-corrected chi connectivity index (χ0v) is 19.0. The second kappa shape index (κ2) is 10.8. The maximum Gasteiger partial charge on any atom is 0.271 e. The number of hydrogen-bond donors (Lipinski definition) is 1. The number of anilines is 1. The van der Waals surface area contributed by atoms with Crippen LogP contribution in [0.25, 0.3) is 6.08 Å². The number of nitro groups is 1. The number of nitrogens with one attached hydrogen (secondary N) is 1. The molecule has 33 heavy (non-hydrogen) atoms. The van der Waals surface area contributed by atoms with Crippen LogP contribution in [0.15, 0.2) is 66.2 Å². The quantitative estimate of drug-likeness (QED) is 0.168. The van der Waals surface area contributed by atoms with Crippen LogP contribution < -0.4 is 10.1 Å². The Bertz CT molecular complexity index is 1300. The summed E-state index contributed by atoms with van der Waals surface area (Å²) < 4.78 is 5.84. The number of benzene rings is 3. The summed E-state index contributed by atoms with van der Waals surface area (Å²) in [6.45, 7) is 0.154. The van der Waals surface area contributed by atoms with Crippen molar-refractivity contribution in [2.45, 2.75) is 6.61 Å². The lowest BCUT2D eigenvalue weighted by atomic mass is 10.1. The average Bonchev–Trinajstić information content (AvgIpc) is 2.79. The van der Waals surface area contributed by atoms with Gasteiger partial charge in [-0.25, -0.2) is 0 Å². The molecule has 7 nitrogen and oxygen atoms in total. The predicted octanol–water partition coefficient (Wildman–Crippen LogP) is 6.68. The van der Waals surface area contributed by atoms with Crippen molar-refractivity contribution < 1.29 is 14.5 Å². The minimum absolute atomic E-state index is 0.154.